The van der Waals surface area contributed by atoms with Crippen molar-refractivity contribution in [2.75, 3.05) is 20.1 Å². The highest BCUT2D eigenvalue weighted by Gasteiger charge is 2.47. The summed E-state index contributed by atoms with van der Waals surface area (Å²) in [5.74, 6) is -0.437. The second kappa shape index (κ2) is 10.4. The van der Waals surface area contributed by atoms with Crippen LogP contribution in [0.25, 0.3) is 0 Å². The van der Waals surface area contributed by atoms with Crippen LogP contribution in [0, 0.1) is 23.6 Å². The Morgan fingerprint density at radius 1 is 1.17 bits per heavy atom. The number of nitrogens with zero attached hydrogens (tertiary/aromatic N) is 2. The van der Waals surface area contributed by atoms with E-state index in [2.05, 4.69) is 5.32 Å². The topological polar surface area (TPSA) is 96.0 Å². The minimum atomic E-state index is -3.74. The van der Waals surface area contributed by atoms with Crippen LogP contribution in [0.2, 0.25) is 0 Å². The van der Waals surface area contributed by atoms with E-state index in [9.17, 15) is 22.4 Å². The molecule has 196 valence electrons. The molecular formula is C25H38FN3O5S. The number of amides is 2. The van der Waals surface area contributed by atoms with Crippen molar-refractivity contribution in [1.29, 1.82) is 0 Å². The minimum Gasteiger partial charge on any atom is -0.444 e. The van der Waals surface area contributed by atoms with Gasteiger partial charge in [-0.3, -0.25) is 9.69 Å². The van der Waals surface area contributed by atoms with Crippen molar-refractivity contribution in [2.45, 2.75) is 76.5 Å². The van der Waals surface area contributed by atoms with Crippen molar-refractivity contribution >= 4 is 22.0 Å². The van der Waals surface area contributed by atoms with E-state index in [1.807, 2.05) is 13.8 Å². The number of nitrogens with one attached hydrogen (secondary N) is 1. The lowest BCUT2D eigenvalue weighted by Crippen LogP contribution is -2.52. The maximum Gasteiger partial charge on any atom is 0.410 e. The van der Waals surface area contributed by atoms with Crippen LogP contribution in [0.1, 0.15) is 53.9 Å². The van der Waals surface area contributed by atoms with Gasteiger partial charge >= 0.3 is 6.09 Å². The minimum absolute atomic E-state index is 0.0132. The van der Waals surface area contributed by atoms with Crippen molar-refractivity contribution in [2.24, 2.45) is 17.8 Å². The lowest BCUT2D eigenvalue weighted by Gasteiger charge is -2.32. The number of halogens is 1. The fourth-order valence-electron chi connectivity index (χ4n) is 4.98. The van der Waals surface area contributed by atoms with Gasteiger partial charge in [0.25, 0.3) is 0 Å². The van der Waals surface area contributed by atoms with E-state index in [4.69, 9.17) is 4.74 Å². The van der Waals surface area contributed by atoms with Crippen molar-refractivity contribution in [3.63, 3.8) is 0 Å². The number of rotatable bonds is 7. The molecule has 1 aliphatic heterocycles. The molecule has 3 rings (SSSR count). The molecule has 10 heteroatoms. The summed E-state index contributed by atoms with van der Waals surface area (Å²) in [6.45, 7) is 9.99. The van der Waals surface area contributed by atoms with Crippen LogP contribution in [0.5, 0.6) is 0 Å². The molecule has 1 heterocycles. The van der Waals surface area contributed by atoms with Gasteiger partial charge in [0.1, 0.15) is 17.5 Å². The Morgan fingerprint density at radius 2 is 1.80 bits per heavy atom. The van der Waals surface area contributed by atoms with Crippen molar-refractivity contribution in [1.82, 2.24) is 14.5 Å². The van der Waals surface area contributed by atoms with Crippen molar-refractivity contribution < 1.29 is 27.1 Å². The Bertz CT molecular complexity index is 1020. The predicted octanol–water partition coefficient (Wildman–Crippen LogP) is 3.62. The summed E-state index contributed by atoms with van der Waals surface area (Å²) in [5, 5.41) is 3.11. The first-order valence-electron chi connectivity index (χ1n) is 12.2. The summed E-state index contributed by atoms with van der Waals surface area (Å²) >= 11 is 0. The van der Waals surface area contributed by atoms with E-state index in [1.54, 1.807) is 27.8 Å². The molecule has 0 bridgehead atoms. The largest absolute Gasteiger partial charge is 0.444 e. The zero-order chi connectivity index (χ0) is 26.1. The van der Waals surface area contributed by atoms with Crippen LogP contribution in [-0.2, 0) is 19.6 Å². The quantitative estimate of drug-likeness (QED) is 0.603. The van der Waals surface area contributed by atoms with Gasteiger partial charge in [-0.25, -0.2) is 17.6 Å². The van der Waals surface area contributed by atoms with E-state index in [0.717, 1.165) is 25.0 Å². The molecule has 4 atom stereocenters. The highest BCUT2D eigenvalue weighted by molar-refractivity contribution is 7.89. The number of fused-ring (bicyclic) bond motifs is 1. The van der Waals surface area contributed by atoms with Gasteiger partial charge in [0.05, 0.1) is 4.90 Å². The highest BCUT2D eigenvalue weighted by atomic mass is 32.2. The van der Waals surface area contributed by atoms with E-state index < -0.39 is 33.6 Å². The van der Waals surface area contributed by atoms with Crippen LogP contribution in [0.3, 0.4) is 0 Å². The first-order chi connectivity index (χ1) is 16.2. The zero-order valence-electron chi connectivity index (χ0n) is 21.5. The van der Waals surface area contributed by atoms with Crippen LogP contribution >= 0.6 is 0 Å². The average Bonchev–Trinajstić information content (AvgIpc) is 3.33. The summed E-state index contributed by atoms with van der Waals surface area (Å²) in [4.78, 5) is 27.4. The summed E-state index contributed by atoms with van der Waals surface area (Å²) in [6.07, 6.45) is 1.49. The van der Waals surface area contributed by atoms with Crippen molar-refractivity contribution in [3.05, 3.63) is 30.1 Å². The zero-order valence-corrected chi connectivity index (χ0v) is 22.3. The normalized spacial score (nSPS) is 23.7. The van der Waals surface area contributed by atoms with Crippen LogP contribution < -0.4 is 5.32 Å². The maximum absolute atomic E-state index is 13.3. The molecule has 2 aliphatic rings. The van der Waals surface area contributed by atoms with Gasteiger partial charge in [-0.05, 0) is 82.1 Å². The molecule has 1 aromatic carbocycles. The number of sulfonamides is 1. The molecule has 1 saturated carbocycles. The standard InChI is InChI=1S/C25H38FN3O5S/c1-16(2)13-22(28(6)24(31)34-25(3,4)5)23(30)27-21-12-7-17-14-29(15-20(17)21)35(32,33)19-10-8-18(26)9-11-19/h8-11,16-17,20-22H,7,12-15H2,1-6H3,(H,27,30)/t17-,20+,21+,22+/m1/s1. The number of ether oxygens (including phenoxy) is 1. The Labute approximate surface area is 208 Å². The molecule has 2 amide bonds. The third-order valence-corrected chi connectivity index (χ3v) is 8.59. The molecule has 0 aromatic heterocycles. The smallest absolute Gasteiger partial charge is 0.410 e. The van der Waals surface area contributed by atoms with Gasteiger partial charge in [0.15, 0.2) is 0 Å². The Morgan fingerprint density at radius 3 is 2.37 bits per heavy atom. The van der Waals surface area contributed by atoms with Crippen molar-refractivity contribution in [3.8, 4) is 0 Å². The third kappa shape index (κ3) is 6.52. The van der Waals surface area contributed by atoms with Gasteiger partial charge in [0.2, 0.25) is 15.9 Å². The molecule has 1 aromatic rings. The Balaban J connectivity index is 1.69. The molecule has 1 saturated heterocycles. The first-order valence-corrected chi connectivity index (χ1v) is 13.6. The maximum atomic E-state index is 13.3. The summed E-state index contributed by atoms with van der Waals surface area (Å²) in [7, 11) is -2.17. The van der Waals surface area contributed by atoms with Gasteiger partial charge < -0.3 is 10.1 Å². The molecule has 1 N–H and O–H groups in total. The lowest BCUT2D eigenvalue weighted by molar-refractivity contribution is -0.127. The van der Waals surface area contributed by atoms with E-state index in [-0.39, 0.29) is 34.6 Å². The van der Waals surface area contributed by atoms with E-state index in [1.165, 1.54) is 21.3 Å². The van der Waals surface area contributed by atoms with Crippen LogP contribution in [0.15, 0.2) is 29.2 Å². The van der Waals surface area contributed by atoms with Gasteiger partial charge in [-0.15, -0.1) is 0 Å². The Kier molecular flexibility index (Phi) is 8.16. The van der Waals surface area contributed by atoms with Crippen LogP contribution in [-0.4, -0.2) is 67.4 Å². The molecule has 2 fully saturated rings. The van der Waals surface area contributed by atoms with Gasteiger partial charge in [-0.2, -0.15) is 4.31 Å². The number of carbonyl (C=O) groups excluding carboxylic acids is 2. The third-order valence-electron chi connectivity index (χ3n) is 6.75. The number of carbonyl (C=O) groups is 2. The number of hydrogen-bond acceptors (Lipinski definition) is 5. The molecule has 0 radical (unpaired) electrons. The Hall–Kier alpha value is -2.20. The molecule has 1 aliphatic carbocycles. The molecule has 0 unspecified atom stereocenters. The average molecular weight is 512 g/mol. The molecule has 8 nitrogen and oxygen atoms in total. The summed E-state index contributed by atoms with van der Waals surface area (Å²) in [5.41, 5.74) is -0.674. The summed E-state index contributed by atoms with van der Waals surface area (Å²) < 4.78 is 46.3. The number of likely N-dealkylation sites (N-methyl/N-ethyl adjacent to an activating group) is 1. The molecule has 35 heavy (non-hydrogen) atoms. The monoisotopic (exact) mass is 511 g/mol. The second-order valence-electron chi connectivity index (χ2n) is 11.1. The van der Waals surface area contributed by atoms with Gasteiger partial charge in [0, 0.05) is 26.2 Å². The fourth-order valence-corrected chi connectivity index (χ4v) is 6.52. The number of benzene rings is 1. The van der Waals surface area contributed by atoms with E-state index >= 15 is 0 Å². The second-order valence-corrected chi connectivity index (χ2v) is 13.1. The molecule has 0 spiro atoms. The fraction of sp³-hybridized carbons (Fsp3) is 0.680. The summed E-state index contributed by atoms with van der Waals surface area (Å²) in [6, 6.07) is 3.97. The highest BCUT2D eigenvalue weighted by Crippen LogP contribution is 2.40. The number of hydrogen-bond donors (Lipinski definition) is 1. The predicted molar refractivity (Wildman–Crippen MR) is 131 cm³/mol. The van der Waals surface area contributed by atoms with Gasteiger partial charge in [-0.1, -0.05) is 13.8 Å². The van der Waals surface area contributed by atoms with E-state index in [0.29, 0.717) is 19.5 Å². The van der Waals surface area contributed by atoms with Crippen LogP contribution in [0.4, 0.5) is 9.18 Å². The lowest BCUT2D eigenvalue weighted by atomic mass is 9.96. The first kappa shape index (κ1) is 27.4. The molecular weight excluding hydrogens is 473 g/mol. The SMILES string of the molecule is CC(C)C[C@@H](C(=O)N[C@H]1CC[C@@H]2CN(S(=O)(=O)c3ccc(F)cc3)C[C@@H]21)N(C)C(=O)OC(C)(C)C.